The minimum Gasteiger partial charge on any atom is -0.390 e. The molecule has 2 aromatic rings. The van der Waals surface area contributed by atoms with Crippen LogP contribution in [0.5, 0.6) is 0 Å². The van der Waals surface area contributed by atoms with Gasteiger partial charge in [-0.1, -0.05) is 41.6 Å². The Morgan fingerprint density at radius 1 is 1.29 bits per heavy atom. The molecule has 0 spiro atoms. The van der Waals surface area contributed by atoms with Gasteiger partial charge in [0, 0.05) is 12.8 Å². The molecule has 4 heteroatoms. The number of aromatic nitrogens is 2. The standard InChI is InChI=1S/C13H16N2OS/c1-10-3-5-11(6-4-10)9-17-13-14-7-12(8-16)15(13)2/h3-7,16H,8-9H2,1-2H3. The summed E-state index contributed by atoms with van der Waals surface area (Å²) in [4.78, 5) is 4.29. The lowest BCUT2D eigenvalue weighted by molar-refractivity contribution is 0.271. The summed E-state index contributed by atoms with van der Waals surface area (Å²) in [6.07, 6.45) is 1.72. The molecule has 0 amide bonds. The lowest BCUT2D eigenvalue weighted by Crippen LogP contribution is -1.97. The molecule has 0 fully saturated rings. The summed E-state index contributed by atoms with van der Waals surface area (Å²) in [5.41, 5.74) is 3.41. The monoisotopic (exact) mass is 248 g/mol. The Morgan fingerprint density at radius 2 is 2.00 bits per heavy atom. The van der Waals surface area contributed by atoms with Gasteiger partial charge in [-0.3, -0.25) is 0 Å². The van der Waals surface area contributed by atoms with Gasteiger partial charge in [0.05, 0.1) is 18.5 Å². The second-order valence-corrected chi connectivity index (χ2v) is 4.97. The zero-order valence-corrected chi connectivity index (χ0v) is 10.9. The van der Waals surface area contributed by atoms with Crippen LogP contribution in [0.1, 0.15) is 16.8 Å². The first-order valence-corrected chi connectivity index (χ1v) is 6.49. The van der Waals surface area contributed by atoms with E-state index in [4.69, 9.17) is 5.11 Å². The van der Waals surface area contributed by atoms with E-state index in [1.807, 2.05) is 11.6 Å². The van der Waals surface area contributed by atoms with E-state index in [1.54, 1.807) is 18.0 Å². The Bertz CT molecular complexity index is 491. The van der Waals surface area contributed by atoms with Crippen molar-refractivity contribution >= 4 is 11.8 Å². The van der Waals surface area contributed by atoms with Crippen LogP contribution in [-0.2, 0) is 19.4 Å². The van der Waals surface area contributed by atoms with Crippen LogP contribution in [0.2, 0.25) is 0 Å². The molecule has 1 aromatic carbocycles. The quantitative estimate of drug-likeness (QED) is 0.845. The van der Waals surface area contributed by atoms with Gasteiger partial charge in [0.1, 0.15) is 0 Å². The van der Waals surface area contributed by atoms with Gasteiger partial charge in [0.2, 0.25) is 0 Å². The summed E-state index contributed by atoms with van der Waals surface area (Å²) in [5.74, 6) is 0.899. The predicted molar refractivity (Wildman–Crippen MR) is 69.9 cm³/mol. The number of aliphatic hydroxyl groups is 1. The molecule has 1 heterocycles. The first-order chi connectivity index (χ1) is 8.20. The summed E-state index contributed by atoms with van der Waals surface area (Å²) >= 11 is 1.68. The van der Waals surface area contributed by atoms with E-state index in [9.17, 15) is 0 Å². The molecule has 0 bridgehead atoms. The van der Waals surface area contributed by atoms with E-state index >= 15 is 0 Å². The van der Waals surface area contributed by atoms with Crippen LogP contribution in [0.15, 0.2) is 35.6 Å². The average molecular weight is 248 g/mol. The molecule has 17 heavy (non-hydrogen) atoms. The fraction of sp³-hybridized carbons (Fsp3) is 0.308. The van der Waals surface area contributed by atoms with Crippen molar-refractivity contribution in [3.05, 3.63) is 47.3 Å². The highest BCUT2D eigenvalue weighted by atomic mass is 32.2. The molecular weight excluding hydrogens is 232 g/mol. The predicted octanol–water partition coefficient (Wildman–Crippen LogP) is 2.51. The molecule has 1 N–H and O–H groups in total. The number of nitrogens with zero attached hydrogens (tertiary/aromatic N) is 2. The second kappa shape index (κ2) is 5.38. The Morgan fingerprint density at radius 3 is 2.59 bits per heavy atom. The smallest absolute Gasteiger partial charge is 0.168 e. The van der Waals surface area contributed by atoms with E-state index in [2.05, 4.69) is 36.2 Å². The van der Waals surface area contributed by atoms with Gasteiger partial charge >= 0.3 is 0 Å². The van der Waals surface area contributed by atoms with Crippen molar-refractivity contribution < 1.29 is 5.11 Å². The number of imidazole rings is 1. The average Bonchev–Trinajstić information content (AvgIpc) is 2.69. The van der Waals surface area contributed by atoms with Crippen LogP contribution < -0.4 is 0 Å². The van der Waals surface area contributed by atoms with E-state index in [0.29, 0.717) is 0 Å². The SMILES string of the molecule is Cc1ccc(CSc2ncc(CO)n2C)cc1. The molecule has 0 atom stereocenters. The van der Waals surface area contributed by atoms with Gasteiger partial charge < -0.3 is 9.67 Å². The summed E-state index contributed by atoms with van der Waals surface area (Å²) < 4.78 is 1.93. The van der Waals surface area contributed by atoms with Gasteiger partial charge in [-0.15, -0.1) is 0 Å². The maximum Gasteiger partial charge on any atom is 0.168 e. The minimum absolute atomic E-state index is 0.0363. The van der Waals surface area contributed by atoms with Crippen molar-refractivity contribution in [2.45, 2.75) is 24.4 Å². The van der Waals surface area contributed by atoms with Gasteiger partial charge in [0.25, 0.3) is 0 Å². The number of aliphatic hydroxyl groups excluding tert-OH is 1. The van der Waals surface area contributed by atoms with Crippen LogP contribution in [0.3, 0.4) is 0 Å². The van der Waals surface area contributed by atoms with Crippen LogP contribution in [0.25, 0.3) is 0 Å². The van der Waals surface area contributed by atoms with Crippen molar-refractivity contribution in [2.24, 2.45) is 7.05 Å². The molecule has 2 rings (SSSR count). The van der Waals surface area contributed by atoms with E-state index in [-0.39, 0.29) is 6.61 Å². The molecule has 0 aliphatic rings. The van der Waals surface area contributed by atoms with Crippen LogP contribution in [-0.4, -0.2) is 14.7 Å². The Labute approximate surface area is 106 Å². The summed E-state index contributed by atoms with van der Waals surface area (Å²) in [5, 5.41) is 10.0. The summed E-state index contributed by atoms with van der Waals surface area (Å²) in [6.45, 7) is 2.12. The molecule has 0 saturated heterocycles. The fourth-order valence-corrected chi connectivity index (χ4v) is 2.47. The minimum atomic E-state index is 0.0363. The molecule has 0 aliphatic heterocycles. The number of aryl methyl sites for hydroxylation is 1. The number of hydrogen-bond acceptors (Lipinski definition) is 3. The molecule has 90 valence electrons. The van der Waals surface area contributed by atoms with Gasteiger partial charge in [-0.05, 0) is 12.5 Å². The number of thioether (sulfide) groups is 1. The van der Waals surface area contributed by atoms with Crippen LogP contribution >= 0.6 is 11.8 Å². The van der Waals surface area contributed by atoms with Crippen molar-refractivity contribution in [1.29, 1.82) is 0 Å². The third kappa shape index (κ3) is 2.90. The highest BCUT2D eigenvalue weighted by Gasteiger charge is 2.06. The van der Waals surface area contributed by atoms with E-state index in [1.165, 1.54) is 11.1 Å². The van der Waals surface area contributed by atoms with Crippen molar-refractivity contribution in [2.75, 3.05) is 0 Å². The van der Waals surface area contributed by atoms with E-state index < -0.39 is 0 Å². The zero-order chi connectivity index (χ0) is 12.3. The van der Waals surface area contributed by atoms with Gasteiger partial charge in [-0.2, -0.15) is 0 Å². The largest absolute Gasteiger partial charge is 0.390 e. The van der Waals surface area contributed by atoms with Crippen LogP contribution in [0, 0.1) is 6.92 Å². The second-order valence-electron chi connectivity index (χ2n) is 4.02. The maximum atomic E-state index is 9.08. The summed E-state index contributed by atoms with van der Waals surface area (Å²) in [6, 6.07) is 8.51. The Kier molecular flexibility index (Phi) is 3.86. The normalized spacial score (nSPS) is 10.8. The molecule has 1 aromatic heterocycles. The summed E-state index contributed by atoms with van der Waals surface area (Å²) in [7, 11) is 1.93. The lowest BCUT2D eigenvalue weighted by Gasteiger charge is -2.04. The number of benzene rings is 1. The van der Waals surface area contributed by atoms with Gasteiger partial charge in [0.15, 0.2) is 5.16 Å². The topological polar surface area (TPSA) is 38.1 Å². The third-order valence-corrected chi connectivity index (χ3v) is 3.81. The fourth-order valence-electron chi connectivity index (χ4n) is 1.54. The molecule has 0 saturated carbocycles. The highest BCUT2D eigenvalue weighted by molar-refractivity contribution is 7.98. The van der Waals surface area contributed by atoms with E-state index in [0.717, 1.165) is 16.6 Å². The molecular formula is C13H16N2OS. The molecule has 0 radical (unpaired) electrons. The van der Waals surface area contributed by atoms with Crippen molar-refractivity contribution in [3.8, 4) is 0 Å². The maximum absolute atomic E-state index is 9.08. The molecule has 0 unspecified atom stereocenters. The molecule has 3 nitrogen and oxygen atoms in total. The number of hydrogen-bond donors (Lipinski definition) is 1. The first-order valence-electron chi connectivity index (χ1n) is 5.50. The highest BCUT2D eigenvalue weighted by Crippen LogP contribution is 2.22. The number of rotatable bonds is 4. The Hall–Kier alpha value is -1.26. The molecule has 0 aliphatic carbocycles. The lowest BCUT2D eigenvalue weighted by atomic mass is 10.2. The van der Waals surface area contributed by atoms with Crippen LogP contribution in [0.4, 0.5) is 0 Å². The first kappa shape index (κ1) is 12.2. The zero-order valence-electron chi connectivity index (χ0n) is 10.1. The third-order valence-electron chi connectivity index (χ3n) is 2.69. The Balaban J connectivity index is 2.02. The van der Waals surface area contributed by atoms with Crippen molar-refractivity contribution in [1.82, 2.24) is 9.55 Å². The van der Waals surface area contributed by atoms with Crippen molar-refractivity contribution in [3.63, 3.8) is 0 Å². The van der Waals surface area contributed by atoms with Gasteiger partial charge in [-0.25, -0.2) is 4.98 Å².